The van der Waals surface area contributed by atoms with E-state index in [9.17, 15) is 10.2 Å². The number of nitrogens with zero attached hydrogens (tertiary/aromatic N) is 1. The van der Waals surface area contributed by atoms with Crippen molar-refractivity contribution in [3.63, 3.8) is 0 Å². The van der Waals surface area contributed by atoms with Gasteiger partial charge in [0.1, 0.15) is 30.5 Å². The van der Waals surface area contributed by atoms with Gasteiger partial charge in [0.05, 0.1) is 17.8 Å². The normalized spacial score (nSPS) is 10.9. The Kier molecular flexibility index (Phi) is 6.59. The fraction of sp³-hybridized carbons (Fsp3) is 0.100. The fourth-order valence-electron chi connectivity index (χ4n) is 3.91. The molecule has 4 aromatic carbocycles. The van der Waals surface area contributed by atoms with Crippen LogP contribution in [0.1, 0.15) is 16.8 Å². The number of phenolic OH excluding ortho intramolecular Hbond substituents is 1. The average Bonchev–Trinajstić information content (AvgIpc) is 2.91. The number of hydrogen-bond acceptors (Lipinski definition) is 5. The Balaban J connectivity index is 1.22. The molecule has 1 heterocycles. The lowest BCUT2D eigenvalue weighted by Crippen LogP contribution is -1.98. The van der Waals surface area contributed by atoms with E-state index in [4.69, 9.17) is 9.47 Å². The number of phenols is 1. The van der Waals surface area contributed by atoms with Gasteiger partial charge in [-0.1, -0.05) is 54.6 Å². The summed E-state index contributed by atoms with van der Waals surface area (Å²) in [4.78, 5) is 4.66. The van der Waals surface area contributed by atoms with Gasteiger partial charge in [-0.3, -0.25) is 0 Å². The van der Waals surface area contributed by atoms with Gasteiger partial charge in [0.2, 0.25) is 0 Å². The minimum atomic E-state index is -0.154. The van der Waals surface area contributed by atoms with Crippen LogP contribution in [0.2, 0.25) is 0 Å². The molecule has 0 amide bonds. The summed E-state index contributed by atoms with van der Waals surface area (Å²) in [6.07, 6.45) is 0. The molecule has 5 rings (SSSR count). The smallest absolute Gasteiger partial charge is 0.130 e. The number of aromatic hydroxyl groups is 1. The van der Waals surface area contributed by atoms with Crippen molar-refractivity contribution in [1.29, 1.82) is 0 Å². The number of pyridine rings is 1. The highest BCUT2D eigenvalue weighted by Crippen LogP contribution is 2.26. The van der Waals surface area contributed by atoms with E-state index in [1.807, 2.05) is 66.7 Å². The second-order valence-corrected chi connectivity index (χ2v) is 8.29. The molecule has 2 N–H and O–H groups in total. The number of fused-ring (bicyclic) bond motifs is 1. The summed E-state index contributed by atoms with van der Waals surface area (Å²) in [6.45, 7) is 0.602. The summed E-state index contributed by atoms with van der Waals surface area (Å²) >= 11 is 0. The van der Waals surface area contributed by atoms with Crippen molar-refractivity contribution in [3.05, 3.63) is 120 Å². The van der Waals surface area contributed by atoms with Crippen molar-refractivity contribution in [2.45, 2.75) is 19.8 Å². The molecule has 5 heteroatoms. The van der Waals surface area contributed by atoms with Gasteiger partial charge < -0.3 is 19.7 Å². The third-order valence-corrected chi connectivity index (χ3v) is 5.70. The molecule has 0 aliphatic carbocycles. The summed E-state index contributed by atoms with van der Waals surface area (Å²) in [6, 6.07) is 33.0. The van der Waals surface area contributed by atoms with E-state index < -0.39 is 0 Å². The molecule has 0 fully saturated rings. The maximum Gasteiger partial charge on any atom is 0.130 e. The van der Waals surface area contributed by atoms with Crippen LogP contribution in [0.15, 0.2) is 103 Å². The maximum atomic E-state index is 9.78. The first-order valence-electron chi connectivity index (χ1n) is 11.4. The van der Waals surface area contributed by atoms with Crippen LogP contribution in [0.3, 0.4) is 0 Å². The van der Waals surface area contributed by atoms with E-state index in [2.05, 4.69) is 23.2 Å². The Morgan fingerprint density at radius 3 is 2.31 bits per heavy atom. The van der Waals surface area contributed by atoms with Crippen molar-refractivity contribution in [1.82, 2.24) is 4.98 Å². The molecular formula is C30H25NO4. The molecule has 174 valence electrons. The van der Waals surface area contributed by atoms with Crippen LogP contribution in [0.5, 0.6) is 17.2 Å². The van der Waals surface area contributed by atoms with Gasteiger partial charge in [-0.05, 0) is 64.7 Å². The van der Waals surface area contributed by atoms with Gasteiger partial charge in [0, 0.05) is 11.5 Å². The van der Waals surface area contributed by atoms with Crippen LogP contribution in [-0.2, 0) is 19.8 Å². The monoisotopic (exact) mass is 463 g/mol. The number of hydrogen-bond donors (Lipinski definition) is 2. The van der Waals surface area contributed by atoms with Crippen LogP contribution in [0.4, 0.5) is 0 Å². The van der Waals surface area contributed by atoms with Crippen molar-refractivity contribution in [3.8, 4) is 28.4 Å². The molecular weight excluding hydrogens is 438 g/mol. The predicted octanol–water partition coefficient (Wildman–Crippen LogP) is 6.26. The van der Waals surface area contributed by atoms with Crippen LogP contribution >= 0.6 is 0 Å². The highest BCUT2D eigenvalue weighted by molar-refractivity contribution is 5.78. The third-order valence-electron chi connectivity index (χ3n) is 5.70. The molecule has 1 aromatic heterocycles. The summed E-state index contributed by atoms with van der Waals surface area (Å²) in [5.74, 6) is 1.37. The molecule has 0 radical (unpaired) electrons. The zero-order valence-electron chi connectivity index (χ0n) is 19.1. The highest BCUT2D eigenvalue weighted by atomic mass is 16.5. The Hall–Kier alpha value is -4.35. The van der Waals surface area contributed by atoms with E-state index in [-0.39, 0.29) is 12.4 Å². The van der Waals surface area contributed by atoms with Gasteiger partial charge in [0.25, 0.3) is 0 Å². The molecule has 5 aromatic rings. The molecule has 5 nitrogen and oxygen atoms in total. The highest BCUT2D eigenvalue weighted by Gasteiger charge is 2.05. The van der Waals surface area contributed by atoms with E-state index in [1.54, 1.807) is 6.07 Å². The largest absolute Gasteiger partial charge is 0.508 e. The fourth-order valence-corrected chi connectivity index (χ4v) is 3.91. The molecule has 0 saturated carbocycles. The molecule has 0 saturated heterocycles. The molecule has 0 aliphatic rings. The molecule has 0 atom stereocenters. The minimum Gasteiger partial charge on any atom is -0.508 e. The lowest BCUT2D eigenvalue weighted by molar-refractivity contribution is 0.276. The quantitative estimate of drug-likeness (QED) is 0.284. The maximum absolute atomic E-state index is 9.78. The van der Waals surface area contributed by atoms with Crippen LogP contribution in [-0.4, -0.2) is 15.2 Å². The Bertz CT molecular complexity index is 1450. The number of para-hydroxylation sites is 1. The first-order chi connectivity index (χ1) is 17.2. The van der Waals surface area contributed by atoms with E-state index in [0.717, 1.165) is 39.0 Å². The van der Waals surface area contributed by atoms with Gasteiger partial charge in [0.15, 0.2) is 0 Å². The van der Waals surface area contributed by atoms with Crippen LogP contribution in [0.25, 0.3) is 22.0 Å². The van der Waals surface area contributed by atoms with E-state index >= 15 is 0 Å². The summed E-state index contributed by atoms with van der Waals surface area (Å²) in [5, 5.41) is 20.2. The molecule has 35 heavy (non-hydrogen) atoms. The Morgan fingerprint density at radius 2 is 1.46 bits per heavy atom. The van der Waals surface area contributed by atoms with Crippen molar-refractivity contribution >= 4 is 10.9 Å². The SMILES string of the molecule is OCc1cc(O)cc(OCc2cccc(-c3ccc(OCc4ccc5ccccc5n4)cc3)c2)c1. The van der Waals surface area contributed by atoms with Gasteiger partial charge >= 0.3 is 0 Å². The standard InChI is InChI=1S/C30H25NO4/c32-18-22-15-27(33)17-29(16-22)34-19-21-4-3-6-25(14-21)23-9-12-28(13-10-23)35-20-26-11-8-24-5-1-2-7-30(24)31-26/h1-17,32-33H,18-20H2. The van der Waals surface area contributed by atoms with Crippen LogP contribution in [0, 0.1) is 0 Å². The van der Waals surface area contributed by atoms with Gasteiger partial charge in [-0.25, -0.2) is 4.98 Å². The number of ether oxygens (including phenoxy) is 2. The van der Waals surface area contributed by atoms with Crippen molar-refractivity contribution in [2.24, 2.45) is 0 Å². The number of benzene rings is 4. The topological polar surface area (TPSA) is 71.8 Å². The third kappa shape index (κ3) is 5.60. The summed E-state index contributed by atoms with van der Waals surface area (Å²) in [7, 11) is 0. The van der Waals surface area contributed by atoms with Crippen LogP contribution < -0.4 is 9.47 Å². The zero-order chi connectivity index (χ0) is 24.0. The van der Waals surface area contributed by atoms with Gasteiger partial charge in [-0.2, -0.15) is 0 Å². The van der Waals surface area contributed by atoms with E-state index in [1.165, 1.54) is 12.1 Å². The Morgan fingerprint density at radius 1 is 0.629 bits per heavy atom. The van der Waals surface area contributed by atoms with E-state index in [0.29, 0.717) is 24.5 Å². The Labute approximate surface area is 203 Å². The minimum absolute atomic E-state index is 0.0685. The number of aliphatic hydroxyl groups excluding tert-OH is 1. The predicted molar refractivity (Wildman–Crippen MR) is 136 cm³/mol. The second kappa shape index (κ2) is 10.3. The second-order valence-electron chi connectivity index (χ2n) is 8.29. The lowest BCUT2D eigenvalue weighted by Gasteiger charge is -2.11. The summed E-state index contributed by atoms with van der Waals surface area (Å²) in [5.41, 5.74) is 5.60. The number of aromatic nitrogens is 1. The zero-order valence-corrected chi connectivity index (χ0v) is 19.1. The molecule has 0 aliphatic heterocycles. The van der Waals surface area contributed by atoms with Gasteiger partial charge in [-0.15, -0.1) is 0 Å². The molecule has 0 bridgehead atoms. The number of rotatable bonds is 8. The average molecular weight is 464 g/mol. The van der Waals surface area contributed by atoms with Crippen molar-refractivity contribution < 1.29 is 19.7 Å². The molecule has 0 spiro atoms. The first-order valence-corrected chi connectivity index (χ1v) is 11.4. The lowest BCUT2D eigenvalue weighted by atomic mass is 10.0. The first kappa shape index (κ1) is 22.4. The number of aliphatic hydroxyl groups is 1. The molecule has 0 unspecified atom stereocenters. The summed E-state index contributed by atoms with van der Waals surface area (Å²) < 4.78 is 11.8. The van der Waals surface area contributed by atoms with Crippen molar-refractivity contribution in [2.75, 3.05) is 0 Å².